The molecule has 0 N–H and O–H groups in total. The van der Waals surface area contributed by atoms with E-state index < -0.39 is 0 Å². The summed E-state index contributed by atoms with van der Waals surface area (Å²) in [6.45, 7) is 0. The van der Waals surface area contributed by atoms with E-state index in [2.05, 4.69) is 217 Å². The van der Waals surface area contributed by atoms with Crippen LogP contribution in [0.4, 0.5) is 17.1 Å². The van der Waals surface area contributed by atoms with Crippen molar-refractivity contribution in [2.75, 3.05) is 4.90 Å². The van der Waals surface area contributed by atoms with E-state index in [9.17, 15) is 0 Å². The van der Waals surface area contributed by atoms with Crippen molar-refractivity contribution in [2.24, 2.45) is 0 Å². The Balaban J connectivity index is 0.945. The van der Waals surface area contributed by atoms with E-state index in [0.717, 1.165) is 39.0 Å². The van der Waals surface area contributed by atoms with Gasteiger partial charge in [0.15, 0.2) is 0 Å². The Morgan fingerprint density at radius 2 is 0.741 bits per heavy atom. The fourth-order valence-corrected chi connectivity index (χ4v) is 8.55. The van der Waals surface area contributed by atoms with Gasteiger partial charge in [-0.05, 0) is 115 Å². The molecule has 272 valence electrons. The second kappa shape index (κ2) is 14.1. The van der Waals surface area contributed by atoms with Crippen LogP contribution in [0.5, 0.6) is 0 Å². The maximum absolute atomic E-state index is 6.37. The molecule has 10 aromatic carbocycles. The molecule has 0 unspecified atom stereocenters. The second-order valence-electron chi connectivity index (χ2n) is 14.9. The lowest BCUT2D eigenvalue weighted by molar-refractivity contribution is 0.669. The van der Waals surface area contributed by atoms with Crippen molar-refractivity contribution >= 4 is 60.5 Å². The lowest BCUT2D eigenvalue weighted by Gasteiger charge is -2.26. The first-order valence-electron chi connectivity index (χ1n) is 19.8. The van der Waals surface area contributed by atoms with E-state index in [0.29, 0.717) is 0 Å². The third-order valence-electron chi connectivity index (χ3n) is 11.5. The summed E-state index contributed by atoms with van der Waals surface area (Å²) < 4.78 is 6.37. The van der Waals surface area contributed by atoms with Gasteiger partial charge in [0.1, 0.15) is 11.2 Å². The van der Waals surface area contributed by atoms with Crippen LogP contribution >= 0.6 is 0 Å². The fourth-order valence-electron chi connectivity index (χ4n) is 8.55. The van der Waals surface area contributed by atoms with Crippen LogP contribution in [-0.2, 0) is 0 Å². The van der Waals surface area contributed by atoms with E-state index in [1.165, 1.54) is 66.1 Å². The predicted octanol–water partition coefficient (Wildman–Crippen LogP) is 16.0. The van der Waals surface area contributed by atoms with Gasteiger partial charge in [0.2, 0.25) is 0 Å². The first kappa shape index (κ1) is 33.6. The van der Waals surface area contributed by atoms with Crippen LogP contribution in [0, 0.1) is 0 Å². The molecule has 58 heavy (non-hydrogen) atoms. The Morgan fingerprint density at radius 3 is 1.47 bits per heavy atom. The standard InChI is InChI=1S/C56H37NO/c1-2-10-38(11-3-1)45-25-24-42-14-9-18-51(54(42)36-45)43-22-20-39(21-23-43)40-26-30-46(31-27-40)57(48-34-35-53-52-16-6-7-19-55(52)58-56(53)37-48)47-32-28-44(29-33-47)50-17-8-13-41-12-4-5-15-49(41)50/h1-37H. The molecule has 0 radical (unpaired) electrons. The normalized spacial score (nSPS) is 11.4. The highest BCUT2D eigenvalue weighted by molar-refractivity contribution is 6.06. The molecule has 0 amide bonds. The van der Waals surface area contributed by atoms with Crippen LogP contribution in [0.2, 0.25) is 0 Å². The summed E-state index contributed by atoms with van der Waals surface area (Å²) in [5.74, 6) is 0. The SMILES string of the molecule is c1ccc(-c2ccc3cccc(-c4ccc(-c5ccc(N(c6ccc(-c7cccc8ccccc78)cc6)c6ccc7c(c6)oc6ccccc67)cc5)cc4)c3c2)cc1. The highest BCUT2D eigenvalue weighted by Gasteiger charge is 2.17. The molecule has 11 rings (SSSR count). The Labute approximate surface area is 337 Å². The molecule has 0 bridgehead atoms. The largest absolute Gasteiger partial charge is 0.456 e. The van der Waals surface area contributed by atoms with Gasteiger partial charge in [0, 0.05) is 33.9 Å². The summed E-state index contributed by atoms with van der Waals surface area (Å²) in [6, 6.07) is 80.7. The summed E-state index contributed by atoms with van der Waals surface area (Å²) >= 11 is 0. The van der Waals surface area contributed by atoms with Crippen LogP contribution < -0.4 is 4.90 Å². The minimum atomic E-state index is 0.871. The second-order valence-corrected chi connectivity index (χ2v) is 14.9. The molecule has 11 aromatic rings. The average Bonchev–Trinajstić information content (AvgIpc) is 3.67. The maximum atomic E-state index is 6.37. The molecule has 0 saturated carbocycles. The number of fused-ring (bicyclic) bond motifs is 5. The average molecular weight is 740 g/mol. The molecule has 0 aliphatic carbocycles. The Hall–Kier alpha value is -7.68. The third kappa shape index (κ3) is 6.00. The van der Waals surface area contributed by atoms with Gasteiger partial charge in [-0.25, -0.2) is 0 Å². The fraction of sp³-hybridized carbons (Fsp3) is 0. The first-order valence-corrected chi connectivity index (χ1v) is 19.8. The number of anilines is 3. The van der Waals surface area contributed by atoms with E-state index in [-0.39, 0.29) is 0 Å². The summed E-state index contributed by atoms with van der Waals surface area (Å²) in [6.07, 6.45) is 0. The molecule has 0 aliphatic heterocycles. The zero-order valence-electron chi connectivity index (χ0n) is 31.7. The van der Waals surface area contributed by atoms with Gasteiger partial charge in [-0.1, -0.05) is 170 Å². The zero-order valence-corrected chi connectivity index (χ0v) is 31.7. The van der Waals surface area contributed by atoms with Crippen molar-refractivity contribution in [1.29, 1.82) is 0 Å². The smallest absolute Gasteiger partial charge is 0.137 e. The molecule has 0 spiro atoms. The van der Waals surface area contributed by atoms with Crippen LogP contribution in [0.3, 0.4) is 0 Å². The van der Waals surface area contributed by atoms with Gasteiger partial charge in [-0.15, -0.1) is 0 Å². The van der Waals surface area contributed by atoms with Gasteiger partial charge in [-0.3, -0.25) is 0 Å². The number of hydrogen-bond acceptors (Lipinski definition) is 2. The van der Waals surface area contributed by atoms with Crippen molar-refractivity contribution in [3.63, 3.8) is 0 Å². The lowest BCUT2D eigenvalue weighted by atomic mass is 9.94. The van der Waals surface area contributed by atoms with Crippen LogP contribution in [0.15, 0.2) is 229 Å². The van der Waals surface area contributed by atoms with Gasteiger partial charge in [-0.2, -0.15) is 0 Å². The summed E-state index contributed by atoms with van der Waals surface area (Å²) in [5, 5.41) is 7.23. The zero-order chi connectivity index (χ0) is 38.4. The van der Waals surface area contributed by atoms with Gasteiger partial charge in [0.25, 0.3) is 0 Å². The third-order valence-corrected chi connectivity index (χ3v) is 11.5. The van der Waals surface area contributed by atoms with E-state index >= 15 is 0 Å². The molecular weight excluding hydrogens is 703 g/mol. The minimum Gasteiger partial charge on any atom is -0.456 e. The molecule has 0 saturated heterocycles. The summed E-state index contributed by atoms with van der Waals surface area (Å²) in [5.41, 5.74) is 14.6. The lowest BCUT2D eigenvalue weighted by Crippen LogP contribution is -2.09. The topological polar surface area (TPSA) is 16.4 Å². The maximum Gasteiger partial charge on any atom is 0.137 e. The first-order chi connectivity index (χ1) is 28.7. The van der Waals surface area contributed by atoms with Crippen molar-refractivity contribution in [2.45, 2.75) is 0 Å². The van der Waals surface area contributed by atoms with Gasteiger partial charge in [0.05, 0.1) is 0 Å². The Bertz CT molecular complexity index is 3250. The number of para-hydroxylation sites is 1. The van der Waals surface area contributed by atoms with Crippen molar-refractivity contribution in [3.05, 3.63) is 224 Å². The van der Waals surface area contributed by atoms with Crippen LogP contribution in [-0.4, -0.2) is 0 Å². The summed E-state index contributed by atoms with van der Waals surface area (Å²) in [7, 11) is 0. The molecule has 0 atom stereocenters. The Kier molecular flexibility index (Phi) is 8.19. The number of hydrogen-bond donors (Lipinski definition) is 0. The van der Waals surface area contributed by atoms with Gasteiger partial charge < -0.3 is 9.32 Å². The molecule has 0 fully saturated rings. The number of rotatable bonds is 7. The number of furan rings is 1. The van der Waals surface area contributed by atoms with Crippen LogP contribution in [0.25, 0.3) is 88.0 Å². The minimum absolute atomic E-state index is 0.871. The summed E-state index contributed by atoms with van der Waals surface area (Å²) in [4.78, 5) is 2.32. The molecule has 2 nitrogen and oxygen atoms in total. The monoisotopic (exact) mass is 739 g/mol. The van der Waals surface area contributed by atoms with E-state index in [1.54, 1.807) is 0 Å². The highest BCUT2D eigenvalue weighted by Crippen LogP contribution is 2.41. The van der Waals surface area contributed by atoms with Crippen molar-refractivity contribution in [3.8, 4) is 44.5 Å². The number of benzene rings is 10. The highest BCUT2D eigenvalue weighted by atomic mass is 16.3. The van der Waals surface area contributed by atoms with E-state index in [1.807, 2.05) is 12.1 Å². The molecule has 0 aliphatic rings. The quantitative estimate of drug-likeness (QED) is 0.162. The predicted molar refractivity (Wildman–Crippen MR) is 245 cm³/mol. The Morgan fingerprint density at radius 1 is 0.259 bits per heavy atom. The molecule has 2 heteroatoms. The molecule has 1 heterocycles. The van der Waals surface area contributed by atoms with Gasteiger partial charge >= 0.3 is 0 Å². The molecular formula is C56H37NO. The van der Waals surface area contributed by atoms with Crippen LogP contribution in [0.1, 0.15) is 0 Å². The van der Waals surface area contributed by atoms with E-state index in [4.69, 9.17) is 4.42 Å². The van der Waals surface area contributed by atoms with Crippen molar-refractivity contribution < 1.29 is 4.42 Å². The molecule has 1 aromatic heterocycles. The number of nitrogens with zero attached hydrogens (tertiary/aromatic N) is 1. The van der Waals surface area contributed by atoms with Crippen molar-refractivity contribution in [1.82, 2.24) is 0 Å².